The van der Waals surface area contributed by atoms with E-state index in [4.69, 9.17) is 28.0 Å². The molecule has 3 unspecified atom stereocenters. The van der Waals surface area contributed by atoms with Crippen LogP contribution in [0, 0.1) is 4.78 Å². The van der Waals surface area contributed by atoms with E-state index in [-0.39, 0.29) is 5.03 Å². The molecule has 3 N–H and O–H groups in total. The highest BCUT2D eigenvalue weighted by molar-refractivity contribution is 7.91. The lowest BCUT2D eigenvalue weighted by Crippen LogP contribution is -2.43. The number of carbonyl (C=O) groups excluding carboxylic acids is 1. The Hall–Kier alpha value is -1.74. The fourth-order valence-electron chi connectivity index (χ4n) is 2.33. The third kappa shape index (κ3) is 5.62. The standard InChI is InChI=1S/C17H18Cl2FN3O3S/c1-27(21,26)14-7-6-12(9-22-14)10-2-4-11(5-3-10)15(24)13(8-20)23-17(25)16(18)19/h2-7,9,13,15-16,21,24H,8H2,1H3,(H,23,25). The lowest BCUT2D eigenvalue weighted by atomic mass is 9.99. The molecule has 0 radical (unpaired) electrons. The van der Waals surface area contributed by atoms with E-state index in [1.165, 1.54) is 18.5 Å². The van der Waals surface area contributed by atoms with Crippen molar-refractivity contribution in [2.75, 3.05) is 12.9 Å². The summed E-state index contributed by atoms with van der Waals surface area (Å²) in [5.74, 6) is -0.787. The number of alkyl halides is 3. The number of nitrogens with zero attached hydrogens (tertiary/aromatic N) is 1. The molecule has 27 heavy (non-hydrogen) atoms. The van der Waals surface area contributed by atoms with Gasteiger partial charge in [0, 0.05) is 18.0 Å². The highest BCUT2D eigenvalue weighted by atomic mass is 35.5. The Bertz CT molecular complexity index is 891. The van der Waals surface area contributed by atoms with E-state index in [1.54, 1.807) is 30.3 Å². The van der Waals surface area contributed by atoms with E-state index >= 15 is 0 Å². The molecule has 0 saturated heterocycles. The molecule has 2 aromatic rings. The third-order valence-electron chi connectivity index (χ3n) is 3.79. The molecule has 1 aromatic carbocycles. The van der Waals surface area contributed by atoms with Crippen molar-refractivity contribution >= 4 is 38.8 Å². The van der Waals surface area contributed by atoms with Crippen molar-refractivity contribution in [1.82, 2.24) is 10.3 Å². The second kappa shape index (κ2) is 8.97. The second-order valence-electron chi connectivity index (χ2n) is 5.87. The van der Waals surface area contributed by atoms with Gasteiger partial charge in [0.1, 0.15) is 17.8 Å². The van der Waals surface area contributed by atoms with Gasteiger partial charge in [-0.2, -0.15) is 0 Å². The normalized spacial score (nSPS) is 15.8. The minimum atomic E-state index is -2.88. The zero-order valence-electron chi connectivity index (χ0n) is 14.2. The molecule has 0 bridgehead atoms. The number of aliphatic hydroxyl groups excluding tert-OH is 1. The lowest BCUT2D eigenvalue weighted by Gasteiger charge is -2.22. The number of nitrogens with one attached hydrogen (secondary N) is 2. The molecule has 0 spiro atoms. The summed E-state index contributed by atoms with van der Waals surface area (Å²) < 4.78 is 32.4. The smallest absolute Gasteiger partial charge is 0.253 e. The van der Waals surface area contributed by atoms with Gasteiger partial charge < -0.3 is 10.4 Å². The van der Waals surface area contributed by atoms with E-state index in [2.05, 4.69) is 10.3 Å². The van der Waals surface area contributed by atoms with Gasteiger partial charge in [0.15, 0.2) is 4.84 Å². The molecule has 1 aromatic heterocycles. The topological polar surface area (TPSA) is 103 Å². The third-order valence-corrected chi connectivity index (χ3v) is 5.23. The van der Waals surface area contributed by atoms with Crippen LogP contribution in [-0.2, 0) is 14.5 Å². The molecule has 146 valence electrons. The second-order valence-corrected chi connectivity index (χ2v) is 9.07. The Labute approximate surface area is 166 Å². The van der Waals surface area contributed by atoms with Crippen molar-refractivity contribution in [3.8, 4) is 11.1 Å². The van der Waals surface area contributed by atoms with Crippen LogP contribution in [-0.4, -0.2) is 44.0 Å². The van der Waals surface area contributed by atoms with Crippen LogP contribution in [0.15, 0.2) is 47.6 Å². The fourth-order valence-corrected chi connectivity index (χ4v) is 3.04. The van der Waals surface area contributed by atoms with Gasteiger partial charge in [0.05, 0.1) is 15.8 Å². The van der Waals surface area contributed by atoms with Gasteiger partial charge in [-0.25, -0.2) is 18.4 Å². The number of aromatic nitrogens is 1. The van der Waals surface area contributed by atoms with Crippen LogP contribution in [0.5, 0.6) is 0 Å². The number of benzene rings is 1. The van der Waals surface area contributed by atoms with Gasteiger partial charge in [-0.15, -0.1) is 0 Å². The predicted octanol–water partition coefficient (Wildman–Crippen LogP) is 3.08. The summed E-state index contributed by atoms with van der Waals surface area (Å²) in [6.45, 7) is -0.996. The first-order chi connectivity index (χ1) is 12.6. The molecule has 10 heteroatoms. The minimum absolute atomic E-state index is 0.191. The molecule has 0 aliphatic carbocycles. The number of carbonyl (C=O) groups is 1. The Morgan fingerprint density at radius 3 is 2.30 bits per heavy atom. The molecule has 3 atom stereocenters. The summed E-state index contributed by atoms with van der Waals surface area (Å²) in [6, 6.07) is 8.61. The van der Waals surface area contributed by atoms with Crippen molar-refractivity contribution in [3.63, 3.8) is 0 Å². The minimum Gasteiger partial charge on any atom is -0.386 e. The first-order valence-electron chi connectivity index (χ1n) is 7.76. The molecule has 1 heterocycles. The summed E-state index contributed by atoms with van der Waals surface area (Å²) in [4.78, 5) is 14.2. The monoisotopic (exact) mass is 433 g/mol. The number of amides is 1. The summed E-state index contributed by atoms with van der Waals surface area (Å²) in [5.41, 5.74) is 1.89. The maximum atomic E-state index is 13.2. The summed E-state index contributed by atoms with van der Waals surface area (Å²) in [7, 11) is -2.88. The fraction of sp³-hybridized carbons (Fsp3) is 0.294. The molecule has 0 aliphatic rings. The SMILES string of the molecule is CS(=N)(=O)c1ccc(-c2ccc(C(O)C(CF)NC(=O)C(Cl)Cl)cc2)cn1. The summed E-state index contributed by atoms with van der Waals surface area (Å²) >= 11 is 10.8. The zero-order valence-corrected chi connectivity index (χ0v) is 16.6. The highest BCUT2D eigenvalue weighted by Crippen LogP contribution is 2.24. The first-order valence-corrected chi connectivity index (χ1v) is 10.6. The van der Waals surface area contributed by atoms with Crippen molar-refractivity contribution in [3.05, 3.63) is 48.2 Å². The van der Waals surface area contributed by atoms with Crippen molar-refractivity contribution in [2.24, 2.45) is 0 Å². The molecule has 6 nitrogen and oxygen atoms in total. The van der Waals surface area contributed by atoms with Gasteiger partial charge in [-0.3, -0.25) is 4.79 Å². The van der Waals surface area contributed by atoms with Gasteiger partial charge in [0.2, 0.25) is 0 Å². The molecule has 2 rings (SSSR count). The maximum absolute atomic E-state index is 13.2. The van der Waals surface area contributed by atoms with E-state index in [9.17, 15) is 18.5 Å². The van der Waals surface area contributed by atoms with Crippen LogP contribution in [0.25, 0.3) is 11.1 Å². The number of hydrogen-bond acceptors (Lipinski definition) is 5. The van der Waals surface area contributed by atoms with E-state index in [0.717, 1.165) is 11.1 Å². The number of rotatable bonds is 7. The largest absolute Gasteiger partial charge is 0.386 e. The number of pyridine rings is 1. The van der Waals surface area contributed by atoms with Crippen molar-refractivity contribution < 1.29 is 18.5 Å². The predicted molar refractivity (Wildman–Crippen MR) is 103 cm³/mol. The molecule has 1 amide bonds. The van der Waals surface area contributed by atoms with Crippen LogP contribution in [0.1, 0.15) is 11.7 Å². The Morgan fingerprint density at radius 1 is 1.26 bits per heavy atom. The molecule has 0 fully saturated rings. The highest BCUT2D eigenvalue weighted by Gasteiger charge is 2.25. The average Bonchev–Trinajstić information content (AvgIpc) is 2.64. The quantitative estimate of drug-likeness (QED) is 0.583. The molecule has 0 saturated carbocycles. The van der Waals surface area contributed by atoms with Gasteiger partial charge in [0.25, 0.3) is 5.91 Å². The van der Waals surface area contributed by atoms with Crippen LogP contribution in [0.4, 0.5) is 4.39 Å². The first kappa shape index (κ1) is 21.6. The van der Waals surface area contributed by atoms with Gasteiger partial charge in [-0.1, -0.05) is 53.5 Å². The molecular formula is C17H18Cl2FN3O3S. The van der Waals surface area contributed by atoms with E-state index in [0.29, 0.717) is 5.56 Å². The average molecular weight is 434 g/mol. The van der Waals surface area contributed by atoms with Gasteiger partial charge in [-0.05, 0) is 17.2 Å². The summed E-state index contributed by atoms with van der Waals surface area (Å²) in [6.07, 6.45) is 1.51. The van der Waals surface area contributed by atoms with E-state index in [1.807, 2.05) is 0 Å². The molecule has 0 aliphatic heterocycles. The van der Waals surface area contributed by atoms with Crippen LogP contribution in [0.2, 0.25) is 0 Å². The van der Waals surface area contributed by atoms with Crippen molar-refractivity contribution in [1.29, 1.82) is 4.78 Å². The van der Waals surface area contributed by atoms with E-state index < -0.39 is 39.3 Å². The number of hydrogen-bond donors (Lipinski definition) is 3. The lowest BCUT2D eigenvalue weighted by molar-refractivity contribution is -0.121. The Balaban J connectivity index is 2.17. The summed E-state index contributed by atoms with van der Waals surface area (Å²) in [5, 5.41) is 12.7. The Morgan fingerprint density at radius 2 is 1.85 bits per heavy atom. The number of halogens is 3. The number of aliphatic hydroxyl groups is 1. The maximum Gasteiger partial charge on any atom is 0.253 e. The van der Waals surface area contributed by atoms with Gasteiger partial charge >= 0.3 is 0 Å². The zero-order chi connectivity index (χ0) is 20.2. The van der Waals surface area contributed by atoms with Crippen LogP contribution < -0.4 is 5.32 Å². The van der Waals surface area contributed by atoms with Crippen LogP contribution >= 0.6 is 23.2 Å². The Kier molecular flexibility index (Phi) is 7.16. The molecular weight excluding hydrogens is 416 g/mol. The van der Waals surface area contributed by atoms with Crippen LogP contribution in [0.3, 0.4) is 0 Å². The van der Waals surface area contributed by atoms with Crippen molar-refractivity contribution in [2.45, 2.75) is 22.0 Å².